The highest BCUT2D eigenvalue weighted by molar-refractivity contribution is 5.76. The normalized spacial score (nSPS) is 25.4. The van der Waals surface area contributed by atoms with Gasteiger partial charge >= 0.3 is 5.97 Å². The molecule has 1 heterocycles. The molecule has 0 aromatic carbocycles. The van der Waals surface area contributed by atoms with Crippen molar-refractivity contribution < 1.29 is 14.3 Å². The molecule has 1 rings (SSSR count). The summed E-state index contributed by atoms with van der Waals surface area (Å²) in [5.41, 5.74) is 5.77. The molecule has 0 spiro atoms. The van der Waals surface area contributed by atoms with Gasteiger partial charge in [-0.2, -0.15) is 0 Å². The van der Waals surface area contributed by atoms with Gasteiger partial charge in [-0.25, -0.2) is 4.79 Å². The Labute approximate surface area is 108 Å². The Morgan fingerprint density at radius 3 is 2.94 bits per heavy atom. The molecule has 3 unspecified atom stereocenters. The van der Waals surface area contributed by atoms with E-state index in [9.17, 15) is 4.79 Å². The van der Waals surface area contributed by atoms with Crippen LogP contribution in [0.25, 0.3) is 0 Å². The van der Waals surface area contributed by atoms with Crippen molar-refractivity contribution in [1.82, 2.24) is 5.32 Å². The van der Waals surface area contributed by atoms with Gasteiger partial charge in [0.15, 0.2) is 6.10 Å². The van der Waals surface area contributed by atoms with E-state index in [-0.39, 0.29) is 18.2 Å². The summed E-state index contributed by atoms with van der Waals surface area (Å²) in [5.74, 6) is 0.107. The summed E-state index contributed by atoms with van der Waals surface area (Å²) in [5, 5.41) is 10.1. The second-order valence-electron chi connectivity index (χ2n) is 4.69. The van der Waals surface area contributed by atoms with E-state index in [0.29, 0.717) is 12.4 Å². The summed E-state index contributed by atoms with van der Waals surface area (Å²) in [6.07, 6.45) is 2.74. The lowest BCUT2D eigenvalue weighted by molar-refractivity contribution is -0.181. The average molecular weight is 257 g/mol. The number of nitrogens with one attached hydrogen (secondary N) is 2. The fraction of sp³-hybridized carbons (Fsp3) is 0.833. The van der Waals surface area contributed by atoms with Crippen LogP contribution in [0.1, 0.15) is 39.5 Å². The van der Waals surface area contributed by atoms with Gasteiger partial charge < -0.3 is 20.5 Å². The van der Waals surface area contributed by atoms with E-state index in [1.165, 1.54) is 0 Å². The van der Waals surface area contributed by atoms with Crippen molar-refractivity contribution in [3.63, 3.8) is 0 Å². The number of amidine groups is 1. The van der Waals surface area contributed by atoms with Crippen molar-refractivity contribution in [2.24, 2.45) is 5.73 Å². The fourth-order valence-corrected chi connectivity index (χ4v) is 1.84. The molecule has 0 amide bonds. The highest BCUT2D eigenvalue weighted by Gasteiger charge is 2.26. The number of carbonyl (C=O) groups excluding carboxylic acids is 1. The second-order valence-corrected chi connectivity index (χ2v) is 4.69. The van der Waals surface area contributed by atoms with Gasteiger partial charge in [0.25, 0.3) is 0 Å². The molecule has 0 aromatic rings. The fourth-order valence-electron chi connectivity index (χ4n) is 1.84. The smallest absolute Gasteiger partial charge is 0.335 e. The third-order valence-electron chi connectivity index (χ3n) is 2.84. The van der Waals surface area contributed by atoms with Gasteiger partial charge in [-0.1, -0.05) is 0 Å². The lowest BCUT2D eigenvalue weighted by Gasteiger charge is -2.26. The molecular formula is C12H23N3O3. The molecule has 3 atom stereocenters. The number of cyclic esters (lactones) is 1. The maximum atomic E-state index is 11.3. The molecule has 0 radical (unpaired) electrons. The third-order valence-corrected chi connectivity index (χ3v) is 2.84. The Kier molecular flexibility index (Phi) is 6.07. The number of esters is 1. The van der Waals surface area contributed by atoms with Gasteiger partial charge in [0.05, 0.1) is 18.6 Å². The van der Waals surface area contributed by atoms with E-state index < -0.39 is 6.10 Å². The molecule has 0 aliphatic carbocycles. The third kappa shape index (κ3) is 5.46. The number of hydrogen-bond acceptors (Lipinski definition) is 5. The average Bonchev–Trinajstić information content (AvgIpc) is 2.28. The molecule has 1 fully saturated rings. The van der Waals surface area contributed by atoms with Gasteiger partial charge in [-0.15, -0.1) is 0 Å². The topological polar surface area (TPSA) is 97.4 Å². The first-order valence-electron chi connectivity index (χ1n) is 6.38. The van der Waals surface area contributed by atoms with Crippen LogP contribution in [0.2, 0.25) is 0 Å². The number of unbranched alkanes of at least 4 members (excludes halogenated alkanes) is 1. The Morgan fingerprint density at radius 2 is 2.33 bits per heavy atom. The Morgan fingerprint density at radius 1 is 1.61 bits per heavy atom. The number of rotatable bonds is 6. The molecule has 1 aliphatic heterocycles. The summed E-state index contributed by atoms with van der Waals surface area (Å²) < 4.78 is 10.5. The van der Waals surface area contributed by atoms with E-state index in [1.54, 1.807) is 13.8 Å². The van der Waals surface area contributed by atoms with E-state index in [1.807, 2.05) is 0 Å². The molecule has 6 heteroatoms. The summed E-state index contributed by atoms with van der Waals surface area (Å²) >= 11 is 0. The van der Waals surface area contributed by atoms with Crippen LogP contribution in [0.3, 0.4) is 0 Å². The van der Waals surface area contributed by atoms with Crippen LogP contribution in [0, 0.1) is 5.41 Å². The first-order valence-corrected chi connectivity index (χ1v) is 6.38. The Balaban J connectivity index is 2.08. The molecule has 1 aliphatic rings. The van der Waals surface area contributed by atoms with Gasteiger partial charge in [0, 0.05) is 0 Å². The minimum absolute atomic E-state index is 0.123. The monoisotopic (exact) mass is 257 g/mol. The van der Waals surface area contributed by atoms with Crippen LogP contribution in [-0.2, 0) is 14.3 Å². The second kappa shape index (κ2) is 7.33. The molecule has 4 N–H and O–H groups in total. The molecular weight excluding hydrogens is 234 g/mol. The van der Waals surface area contributed by atoms with E-state index in [0.717, 1.165) is 25.7 Å². The van der Waals surface area contributed by atoms with E-state index in [4.69, 9.17) is 20.6 Å². The maximum Gasteiger partial charge on any atom is 0.335 e. The van der Waals surface area contributed by atoms with E-state index >= 15 is 0 Å². The van der Waals surface area contributed by atoms with Crippen molar-refractivity contribution in [2.75, 3.05) is 6.61 Å². The molecule has 104 valence electrons. The van der Waals surface area contributed by atoms with E-state index in [2.05, 4.69) is 5.32 Å². The largest absolute Gasteiger partial charge is 0.458 e. The Hall–Kier alpha value is -1.14. The van der Waals surface area contributed by atoms with Crippen LogP contribution in [0.5, 0.6) is 0 Å². The summed E-state index contributed by atoms with van der Waals surface area (Å²) in [7, 11) is 0. The summed E-state index contributed by atoms with van der Waals surface area (Å²) in [6.45, 7) is 3.85. The zero-order chi connectivity index (χ0) is 13.5. The van der Waals surface area contributed by atoms with Crippen molar-refractivity contribution in [2.45, 2.75) is 57.9 Å². The van der Waals surface area contributed by atoms with Crippen LogP contribution >= 0.6 is 0 Å². The molecule has 0 aromatic heterocycles. The van der Waals surface area contributed by atoms with Crippen molar-refractivity contribution in [3.8, 4) is 0 Å². The van der Waals surface area contributed by atoms with Crippen LogP contribution in [0.4, 0.5) is 0 Å². The Bertz CT molecular complexity index is 296. The zero-order valence-corrected chi connectivity index (χ0v) is 11.1. The predicted molar refractivity (Wildman–Crippen MR) is 68.3 cm³/mol. The molecule has 18 heavy (non-hydrogen) atoms. The van der Waals surface area contributed by atoms with Gasteiger partial charge in [-0.05, 0) is 39.5 Å². The number of carbonyl (C=O) groups is 1. The van der Waals surface area contributed by atoms with Crippen molar-refractivity contribution in [1.29, 1.82) is 5.41 Å². The standard InChI is InChI=1S/C12H23N3O3/c1-8-12(16)18-10(7-17-8)5-3-4-6-11(14)15-9(2)13/h8,10-11H,3-7,14H2,1-2H3,(H2,13,15). The van der Waals surface area contributed by atoms with Crippen molar-refractivity contribution in [3.05, 3.63) is 0 Å². The number of nitrogens with two attached hydrogens (primary N) is 1. The molecule has 1 saturated heterocycles. The van der Waals surface area contributed by atoms with Crippen molar-refractivity contribution >= 4 is 11.8 Å². The summed E-state index contributed by atoms with van der Waals surface area (Å²) in [6, 6.07) is 0. The first-order chi connectivity index (χ1) is 8.49. The van der Waals surface area contributed by atoms with Gasteiger partial charge in [0.2, 0.25) is 0 Å². The quantitative estimate of drug-likeness (QED) is 0.214. The number of hydrogen-bond donors (Lipinski definition) is 3. The minimum atomic E-state index is -0.436. The highest BCUT2D eigenvalue weighted by atomic mass is 16.6. The molecule has 0 saturated carbocycles. The van der Waals surface area contributed by atoms with Gasteiger partial charge in [-0.3, -0.25) is 5.41 Å². The van der Waals surface area contributed by atoms with Crippen LogP contribution in [-0.4, -0.2) is 36.8 Å². The van der Waals surface area contributed by atoms with Gasteiger partial charge in [0.1, 0.15) is 6.10 Å². The lowest BCUT2D eigenvalue weighted by Crippen LogP contribution is -2.40. The minimum Gasteiger partial charge on any atom is -0.458 e. The zero-order valence-electron chi connectivity index (χ0n) is 11.1. The maximum absolute atomic E-state index is 11.3. The highest BCUT2D eigenvalue weighted by Crippen LogP contribution is 2.14. The molecule has 6 nitrogen and oxygen atoms in total. The predicted octanol–water partition coefficient (Wildman–Crippen LogP) is 0.749. The van der Waals surface area contributed by atoms with Crippen LogP contribution < -0.4 is 11.1 Å². The lowest BCUT2D eigenvalue weighted by atomic mass is 10.1. The first kappa shape index (κ1) is 14.9. The number of ether oxygens (including phenoxy) is 2. The molecule has 0 bridgehead atoms. The summed E-state index contributed by atoms with van der Waals surface area (Å²) in [4.78, 5) is 11.3. The SMILES string of the molecule is CC(=N)NC(N)CCCCC1COC(C)C(=O)O1. The van der Waals surface area contributed by atoms with Crippen LogP contribution in [0.15, 0.2) is 0 Å².